The molecular formula is C29H22O2. The lowest BCUT2D eigenvalue weighted by Gasteiger charge is -2.22. The summed E-state index contributed by atoms with van der Waals surface area (Å²) in [5.41, 5.74) is 2.30. The van der Waals surface area contributed by atoms with E-state index >= 15 is 0 Å². The van der Waals surface area contributed by atoms with E-state index in [2.05, 4.69) is 67.2 Å². The molecule has 0 fully saturated rings. The largest absolute Gasteiger partial charge is 0.449 e. The van der Waals surface area contributed by atoms with Crippen molar-refractivity contribution in [1.29, 1.82) is 0 Å². The number of ether oxygens (including phenoxy) is 1. The Morgan fingerprint density at radius 3 is 2.06 bits per heavy atom. The van der Waals surface area contributed by atoms with Gasteiger partial charge in [0.1, 0.15) is 0 Å². The van der Waals surface area contributed by atoms with Crippen LogP contribution < -0.4 is 0 Å². The van der Waals surface area contributed by atoms with Crippen molar-refractivity contribution in [1.82, 2.24) is 0 Å². The molecule has 31 heavy (non-hydrogen) atoms. The summed E-state index contributed by atoms with van der Waals surface area (Å²) in [6.45, 7) is 5.46. The highest BCUT2D eigenvalue weighted by Gasteiger charge is 2.23. The van der Waals surface area contributed by atoms with Crippen molar-refractivity contribution in [2.75, 3.05) is 0 Å². The molecule has 0 radical (unpaired) electrons. The summed E-state index contributed by atoms with van der Waals surface area (Å²) in [6.07, 6.45) is -0.539. The van der Waals surface area contributed by atoms with Gasteiger partial charge in [0, 0.05) is 11.1 Å². The monoisotopic (exact) mass is 402 g/mol. The van der Waals surface area contributed by atoms with Gasteiger partial charge in [-0.25, -0.2) is 4.79 Å². The molecule has 1 unspecified atom stereocenters. The van der Waals surface area contributed by atoms with Gasteiger partial charge in [-0.05, 0) is 56.9 Å². The van der Waals surface area contributed by atoms with Crippen molar-refractivity contribution in [2.45, 2.75) is 13.0 Å². The molecule has 0 saturated heterocycles. The van der Waals surface area contributed by atoms with E-state index in [9.17, 15) is 4.79 Å². The number of fused-ring (bicyclic) bond motifs is 4. The molecule has 0 bridgehead atoms. The first-order valence-corrected chi connectivity index (χ1v) is 10.4. The van der Waals surface area contributed by atoms with E-state index < -0.39 is 12.1 Å². The fourth-order valence-corrected chi connectivity index (χ4v) is 4.19. The average molecular weight is 402 g/mol. The number of hydrogen-bond acceptors (Lipinski definition) is 2. The van der Waals surface area contributed by atoms with Gasteiger partial charge in [-0.1, -0.05) is 91.5 Å². The number of hydrogen-bond donors (Lipinski definition) is 0. The van der Waals surface area contributed by atoms with Gasteiger partial charge in [-0.15, -0.1) is 0 Å². The van der Waals surface area contributed by atoms with E-state index in [-0.39, 0.29) is 0 Å². The third-order valence-electron chi connectivity index (χ3n) is 5.73. The topological polar surface area (TPSA) is 26.3 Å². The maximum Gasteiger partial charge on any atom is 0.334 e. The average Bonchev–Trinajstić information content (AvgIpc) is 2.81. The van der Waals surface area contributed by atoms with Crippen molar-refractivity contribution in [3.8, 4) is 0 Å². The Bertz CT molecular complexity index is 1460. The van der Waals surface area contributed by atoms with E-state index in [0.29, 0.717) is 5.57 Å². The van der Waals surface area contributed by atoms with Gasteiger partial charge >= 0.3 is 5.97 Å². The smallest absolute Gasteiger partial charge is 0.334 e. The lowest BCUT2D eigenvalue weighted by Crippen LogP contribution is -2.13. The zero-order valence-corrected chi connectivity index (χ0v) is 17.3. The predicted octanol–water partition coefficient (Wildman–Crippen LogP) is 7.35. The maximum absolute atomic E-state index is 12.6. The highest BCUT2D eigenvalue weighted by Crippen LogP contribution is 2.37. The van der Waals surface area contributed by atoms with Crippen molar-refractivity contribution < 1.29 is 9.53 Å². The number of benzene rings is 5. The fraction of sp³-hybridized carbons (Fsp3) is 0.0690. The van der Waals surface area contributed by atoms with Crippen LogP contribution in [0.1, 0.15) is 24.2 Å². The molecule has 0 aliphatic carbocycles. The van der Waals surface area contributed by atoms with Crippen LogP contribution in [0.5, 0.6) is 0 Å². The quantitative estimate of drug-likeness (QED) is 0.178. The lowest BCUT2D eigenvalue weighted by molar-refractivity contribution is -0.142. The van der Waals surface area contributed by atoms with Crippen LogP contribution in [0.15, 0.2) is 109 Å². The molecule has 0 spiro atoms. The zero-order valence-electron chi connectivity index (χ0n) is 17.3. The van der Waals surface area contributed by atoms with Gasteiger partial charge in [0.2, 0.25) is 0 Å². The van der Waals surface area contributed by atoms with E-state index in [4.69, 9.17) is 4.74 Å². The minimum Gasteiger partial charge on any atom is -0.449 e. The number of carbonyl (C=O) groups excluding carboxylic acids is 1. The Kier molecular flexibility index (Phi) is 4.76. The Morgan fingerprint density at radius 2 is 1.32 bits per heavy atom. The first-order valence-electron chi connectivity index (χ1n) is 10.4. The van der Waals surface area contributed by atoms with Crippen molar-refractivity contribution in [2.24, 2.45) is 0 Å². The van der Waals surface area contributed by atoms with Crippen LogP contribution in [-0.2, 0) is 9.53 Å². The molecule has 0 aliphatic rings. The van der Waals surface area contributed by atoms with Gasteiger partial charge in [0.05, 0.1) is 0 Å². The van der Waals surface area contributed by atoms with Gasteiger partial charge in [0.15, 0.2) is 6.10 Å². The summed E-state index contributed by atoms with van der Waals surface area (Å²) in [4.78, 5) is 12.6. The predicted molar refractivity (Wildman–Crippen MR) is 128 cm³/mol. The second-order valence-electron chi connectivity index (χ2n) is 7.90. The summed E-state index contributed by atoms with van der Waals surface area (Å²) in [6, 6.07) is 33.2. The minimum absolute atomic E-state index is 0.385. The Hall–Kier alpha value is -3.91. The van der Waals surface area contributed by atoms with Crippen molar-refractivity contribution >= 4 is 38.3 Å². The molecule has 2 nitrogen and oxygen atoms in total. The van der Waals surface area contributed by atoms with Crippen LogP contribution in [0.3, 0.4) is 0 Å². The standard InChI is InChI=1S/C29H22O2/c1-19(2)29(30)31-28(23-16-15-20-9-3-4-10-21(20)17-23)27-18-22-11-5-6-12-24(22)25-13-7-8-14-26(25)27/h3-18,28H,1H2,2H3. The van der Waals surface area contributed by atoms with Crippen LogP contribution in [0.4, 0.5) is 0 Å². The summed E-state index contributed by atoms with van der Waals surface area (Å²) in [5.74, 6) is -0.393. The Balaban J connectivity index is 1.78. The number of esters is 1. The molecule has 5 rings (SSSR count). The van der Waals surface area contributed by atoms with E-state index in [1.165, 1.54) is 5.39 Å². The van der Waals surface area contributed by atoms with Crippen LogP contribution in [0, 0.1) is 0 Å². The van der Waals surface area contributed by atoms with Gasteiger partial charge in [-0.2, -0.15) is 0 Å². The van der Waals surface area contributed by atoms with Crippen LogP contribution in [0.2, 0.25) is 0 Å². The minimum atomic E-state index is -0.539. The third-order valence-corrected chi connectivity index (χ3v) is 5.73. The molecule has 0 saturated carbocycles. The normalized spacial score (nSPS) is 12.2. The molecule has 5 aromatic rings. The molecule has 0 N–H and O–H groups in total. The van der Waals surface area contributed by atoms with Crippen LogP contribution >= 0.6 is 0 Å². The molecule has 0 aliphatic heterocycles. The summed E-state index contributed by atoms with van der Waals surface area (Å²) >= 11 is 0. The summed E-state index contributed by atoms with van der Waals surface area (Å²) < 4.78 is 6.05. The number of carbonyl (C=O) groups is 1. The summed E-state index contributed by atoms with van der Waals surface area (Å²) in [7, 11) is 0. The summed E-state index contributed by atoms with van der Waals surface area (Å²) in [5, 5.41) is 6.79. The highest BCUT2D eigenvalue weighted by atomic mass is 16.5. The molecule has 0 aromatic heterocycles. The second-order valence-corrected chi connectivity index (χ2v) is 7.90. The van der Waals surface area contributed by atoms with E-state index in [1.807, 2.05) is 36.4 Å². The third kappa shape index (κ3) is 3.47. The first-order chi connectivity index (χ1) is 15.1. The van der Waals surface area contributed by atoms with Gasteiger partial charge < -0.3 is 4.74 Å². The molecule has 0 heterocycles. The van der Waals surface area contributed by atoms with E-state index in [1.54, 1.807) is 6.92 Å². The zero-order chi connectivity index (χ0) is 21.4. The van der Waals surface area contributed by atoms with Crippen LogP contribution in [0.25, 0.3) is 32.3 Å². The highest BCUT2D eigenvalue weighted by molar-refractivity contribution is 6.09. The van der Waals surface area contributed by atoms with Crippen LogP contribution in [-0.4, -0.2) is 5.97 Å². The second kappa shape index (κ2) is 7.73. The van der Waals surface area contributed by atoms with Gasteiger partial charge in [-0.3, -0.25) is 0 Å². The maximum atomic E-state index is 12.6. The van der Waals surface area contributed by atoms with Gasteiger partial charge in [0.25, 0.3) is 0 Å². The lowest BCUT2D eigenvalue weighted by atomic mass is 9.91. The number of rotatable bonds is 4. The van der Waals surface area contributed by atoms with E-state index in [0.717, 1.165) is 38.1 Å². The molecule has 0 amide bonds. The fourth-order valence-electron chi connectivity index (χ4n) is 4.19. The SMILES string of the molecule is C=C(C)C(=O)OC(c1ccc2ccccc2c1)c1cc2ccccc2c2ccccc12. The molecule has 150 valence electrons. The molecular weight excluding hydrogens is 380 g/mol. The Labute approximate surface area is 181 Å². The molecule has 5 aromatic carbocycles. The van der Waals surface area contributed by atoms with Crippen molar-refractivity contribution in [3.05, 3.63) is 120 Å². The Morgan fingerprint density at radius 1 is 0.710 bits per heavy atom. The van der Waals surface area contributed by atoms with Crippen molar-refractivity contribution in [3.63, 3.8) is 0 Å². The molecule has 2 heteroatoms. The molecule has 1 atom stereocenters. The first kappa shape index (κ1) is 19.1.